The van der Waals surface area contributed by atoms with E-state index in [9.17, 15) is 0 Å². The minimum absolute atomic E-state index is 0.596. The summed E-state index contributed by atoms with van der Waals surface area (Å²) in [7, 11) is 0. The van der Waals surface area contributed by atoms with Gasteiger partial charge in [-0.25, -0.2) is 15.0 Å². The Labute approximate surface area is 294 Å². The zero-order chi connectivity index (χ0) is 33.7. The number of hydrogen-bond donors (Lipinski definition) is 0. The first-order valence-corrected chi connectivity index (χ1v) is 17.1. The van der Waals surface area contributed by atoms with Crippen molar-refractivity contribution in [1.29, 1.82) is 0 Å². The van der Waals surface area contributed by atoms with Crippen LogP contribution in [0.2, 0.25) is 0 Å². The van der Waals surface area contributed by atoms with Crippen LogP contribution in [-0.4, -0.2) is 15.0 Å². The minimum atomic E-state index is 0.596. The molecule has 0 saturated heterocycles. The van der Waals surface area contributed by atoms with Crippen molar-refractivity contribution in [1.82, 2.24) is 15.0 Å². The summed E-state index contributed by atoms with van der Waals surface area (Å²) in [6.45, 7) is 0. The largest absolute Gasteiger partial charge is 0.455 e. The Morgan fingerprint density at radius 3 is 1.49 bits per heavy atom. The van der Waals surface area contributed by atoms with Crippen LogP contribution < -0.4 is 0 Å². The number of rotatable bonds is 5. The van der Waals surface area contributed by atoms with E-state index in [1.54, 1.807) is 0 Å². The van der Waals surface area contributed by atoms with E-state index in [1.807, 2.05) is 18.2 Å². The highest BCUT2D eigenvalue weighted by Gasteiger charge is 2.21. The zero-order valence-electron chi connectivity index (χ0n) is 27.5. The van der Waals surface area contributed by atoms with E-state index in [2.05, 4.69) is 158 Å². The van der Waals surface area contributed by atoms with Crippen LogP contribution >= 0.6 is 0 Å². The molecule has 51 heavy (non-hydrogen) atoms. The third-order valence-corrected chi connectivity index (χ3v) is 9.72. The fraction of sp³-hybridized carbons (Fsp3) is 0. The van der Waals surface area contributed by atoms with Crippen molar-refractivity contribution < 1.29 is 4.42 Å². The quantitative estimate of drug-likeness (QED) is 0.186. The standard InChI is InChI=1S/C47H29N3O/c1-2-10-30(11-3-1)33-18-22-34(23-19-33)39-26-27-41(43-40-16-8-9-17-42(40)51-44(39)43)47-49-45(37-24-20-31-12-4-6-14-35(31)28-37)48-46(50-47)38-25-21-32-13-5-7-15-36(32)29-38/h1-29H. The third-order valence-electron chi connectivity index (χ3n) is 9.72. The topological polar surface area (TPSA) is 51.8 Å². The van der Waals surface area contributed by atoms with E-state index in [4.69, 9.17) is 19.4 Å². The van der Waals surface area contributed by atoms with Gasteiger partial charge in [-0.1, -0.05) is 146 Å². The summed E-state index contributed by atoms with van der Waals surface area (Å²) >= 11 is 0. The summed E-state index contributed by atoms with van der Waals surface area (Å²) in [5.74, 6) is 1.84. The molecule has 0 spiro atoms. The lowest BCUT2D eigenvalue weighted by Gasteiger charge is -2.12. The van der Waals surface area contributed by atoms with Crippen LogP contribution in [0.3, 0.4) is 0 Å². The Bertz CT molecular complexity index is 2810. The third kappa shape index (κ3) is 5.13. The van der Waals surface area contributed by atoms with E-state index in [0.29, 0.717) is 17.5 Å². The molecule has 10 aromatic rings. The molecule has 0 bridgehead atoms. The van der Waals surface area contributed by atoms with Gasteiger partial charge in [0.05, 0.1) is 0 Å². The molecule has 0 unspecified atom stereocenters. The predicted octanol–water partition coefficient (Wildman–Crippen LogP) is 12.4. The van der Waals surface area contributed by atoms with Crippen molar-refractivity contribution in [3.63, 3.8) is 0 Å². The van der Waals surface area contributed by atoms with Crippen LogP contribution in [0.1, 0.15) is 0 Å². The lowest BCUT2D eigenvalue weighted by atomic mass is 9.96. The number of aromatic nitrogens is 3. The van der Waals surface area contributed by atoms with Crippen LogP contribution in [0, 0.1) is 0 Å². The van der Waals surface area contributed by atoms with Crippen LogP contribution in [0.25, 0.3) is 99.9 Å². The number of nitrogens with zero attached hydrogens (tertiary/aromatic N) is 3. The van der Waals surface area contributed by atoms with Gasteiger partial charge >= 0.3 is 0 Å². The number of hydrogen-bond acceptors (Lipinski definition) is 4. The number of para-hydroxylation sites is 1. The molecule has 0 radical (unpaired) electrons. The summed E-state index contributed by atoms with van der Waals surface area (Å²) in [6.07, 6.45) is 0. The fourth-order valence-corrected chi connectivity index (χ4v) is 7.13. The monoisotopic (exact) mass is 651 g/mol. The van der Waals surface area contributed by atoms with E-state index >= 15 is 0 Å². The Balaban J connectivity index is 1.19. The normalized spacial score (nSPS) is 11.5. The van der Waals surface area contributed by atoms with Crippen molar-refractivity contribution in [2.24, 2.45) is 0 Å². The van der Waals surface area contributed by atoms with E-state index in [-0.39, 0.29) is 0 Å². The van der Waals surface area contributed by atoms with Gasteiger partial charge in [0, 0.05) is 33.0 Å². The lowest BCUT2D eigenvalue weighted by molar-refractivity contribution is 0.670. The van der Waals surface area contributed by atoms with Crippen LogP contribution in [0.15, 0.2) is 180 Å². The van der Waals surface area contributed by atoms with Crippen molar-refractivity contribution in [3.05, 3.63) is 176 Å². The first-order chi connectivity index (χ1) is 25.2. The second kappa shape index (κ2) is 11.9. The molecule has 4 heteroatoms. The predicted molar refractivity (Wildman–Crippen MR) is 209 cm³/mol. The van der Waals surface area contributed by atoms with E-state index in [0.717, 1.165) is 60.5 Å². The average Bonchev–Trinajstić information content (AvgIpc) is 3.60. The lowest BCUT2D eigenvalue weighted by Crippen LogP contribution is -2.00. The molecule has 0 amide bonds. The van der Waals surface area contributed by atoms with Crippen molar-refractivity contribution in [2.75, 3.05) is 0 Å². The van der Waals surface area contributed by atoms with Crippen molar-refractivity contribution in [2.45, 2.75) is 0 Å². The van der Waals surface area contributed by atoms with Crippen LogP contribution in [-0.2, 0) is 0 Å². The Hall–Kier alpha value is -6.91. The van der Waals surface area contributed by atoms with Crippen molar-refractivity contribution >= 4 is 43.5 Å². The number of benzene rings is 8. The molecular formula is C47H29N3O. The van der Waals surface area contributed by atoms with Gasteiger partial charge in [-0.3, -0.25) is 0 Å². The molecule has 4 nitrogen and oxygen atoms in total. The molecule has 0 aliphatic heterocycles. The molecule has 2 heterocycles. The number of furan rings is 1. The zero-order valence-corrected chi connectivity index (χ0v) is 27.5. The smallest absolute Gasteiger partial charge is 0.164 e. The van der Waals surface area contributed by atoms with Gasteiger partial charge in [0.15, 0.2) is 17.5 Å². The summed E-state index contributed by atoms with van der Waals surface area (Å²) in [5, 5.41) is 6.61. The molecule has 10 rings (SSSR count). The Kier molecular flexibility index (Phi) is 6.78. The van der Waals surface area contributed by atoms with Gasteiger partial charge < -0.3 is 4.42 Å². The molecule has 0 aliphatic carbocycles. The second-order valence-electron chi connectivity index (χ2n) is 12.8. The summed E-state index contributed by atoms with van der Waals surface area (Å²) in [4.78, 5) is 15.5. The molecule has 0 N–H and O–H groups in total. The maximum absolute atomic E-state index is 6.67. The molecule has 2 aromatic heterocycles. The van der Waals surface area contributed by atoms with Gasteiger partial charge in [-0.15, -0.1) is 0 Å². The van der Waals surface area contributed by atoms with Crippen molar-refractivity contribution in [3.8, 4) is 56.4 Å². The highest BCUT2D eigenvalue weighted by Crippen LogP contribution is 2.42. The van der Waals surface area contributed by atoms with E-state index in [1.165, 1.54) is 21.9 Å². The highest BCUT2D eigenvalue weighted by molar-refractivity contribution is 6.15. The average molecular weight is 652 g/mol. The second-order valence-corrected chi connectivity index (χ2v) is 12.8. The van der Waals surface area contributed by atoms with Gasteiger partial charge in [-0.2, -0.15) is 0 Å². The summed E-state index contributed by atoms with van der Waals surface area (Å²) in [5.41, 5.74) is 8.84. The van der Waals surface area contributed by atoms with E-state index < -0.39 is 0 Å². The van der Waals surface area contributed by atoms with Crippen LogP contribution in [0.4, 0.5) is 0 Å². The van der Waals surface area contributed by atoms with Gasteiger partial charge in [0.2, 0.25) is 0 Å². The molecular weight excluding hydrogens is 623 g/mol. The van der Waals surface area contributed by atoms with Gasteiger partial charge in [-0.05, 0) is 68.6 Å². The molecule has 0 aliphatic rings. The summed E-state index contributed by atoms with van der Waals surface area (Å²) in [6, 6.07) is 61.1. The van der Waals surface area contributed by atoms with Crippen LogP contribution in [0.5, 0.6) is 0 Å². The van der Waals surface area contributed by atoms with Gasteiger partial charge in [0.1, 0.15) is 11.2 Å². The fourth-order valence-electron chi connectivity index (χ4n) is 7.13. The highest BCUT2D eigenvalue weighted by atomic mass is 16.3. The molecule has 0 atom stereocenters. The first kappa shape index (κ1) is 29.0. The maximum atomic E-state index is 6.67. The van der Waals surface area contributed by atoms with Gasteiger partial charge in [0.25, 0.3) is 0 Å². The Morgan fingerprint density at radius 2 is 0.824 bits per heavy atom. The minimum Gasteiger partial charge on any atom is -0.455 e. The SMILES string of the molecule is c1ccc(-c2ccc(-c3ccc(-c4nc(-c5ccc6ccccc6c5)nc(-c5ccc6ccccc6c5)n4)c4c3oc3ccccc34)cc2)cc1. The Morgan fingerprint density at radius 1 is 0.333 bits per heavy atom. The maximum Gasteiger partial charge on any atom is 0.164 e. The first-order valence-electron chi connectivity index (χ1n) is 17.1. The molecule has 238 valence electrons. The molecule has 0 fully saturated rings. The number of fused-ring (bicyclic) bond motifs is 5. The molecule has 0 saturated carbocycles. The summed E-state index contributed by atoms with van der Waals surface area (Å²) < 4.78 is 6.67. The molecule has 8 aromatic carbocycles.